The topological polar surface area (TPSA) is 103 Å². The second-order valence-corrected chi connectivity index (χ2v) is 9.16. The van der Waals surface area contributed by atoms with Crippen LogP contribution in [0.4, 0.5) is 0 Å². The number of amides is 1. The molecule has 1 aliphatic rings. The Bertz CT molecular complexity index is 1330. The number of carbonyl (C=O) groups excluding carboxylic acids is 1. The summed E-state index contributed by atoms with van der Waals surface area (Å²) in [5.74, 6) is 7.44. The summed E-state index contributed by atoms with van der Waals surface area (Å²) in [7, 11) is 0. The van der Waals surface area contributed by atoms with E-state index < -0.39 is 0 Å². The molecule has 0 saturated carbocycles. The van der Waals surface area contributed by atoms with Crippen LogP contribution in [0.5, 0.6) is 0 Å². The van der Waals surface area contributed by atoms with Gasteiger partial charge in [-0.15, -0.1) is 10.2 Å². The molecule has 0 aliphatic carbocycles. The van der Waals surface area contributed by atoms with Crippen LogP contribution < -0.4 is 5.84 Å². The van der Waals surface area contributed by atoms with Crippen LogP contribution in [0.1, 0.15) is 34.9 Å². The minimum absolute atomic E-state index is 0.116. The average Bonchev–Trinajstić information content (AvgIpc) is 3.59. The zero-order chi connectivity index (χ0) is 23.7. The largest absolute Gasteiger partial charge is 0.467 e. The van der Waals surface area contributed by atoms with Gasteiger partial charge >= 0.3 is 0 Å². The number of aryl methyl sites for hydroxylation is 2. The molecular weight excluding hydrogens is 448 g/mol. The van der Waals surface area contributed by atoms with E-state index in [0.29, 0.717) is 23.2 Å². The maximum absolute atomic E-state index is 13.2. The Hall–Kier alpha value is -3.85. The van der Waals surface area contributed by atoms with Gasteiger partial charge in [0, 0.05) is 12.0 Å². The van der Waals surface area contributed by atoms with Crippen LogP contribution in [-0.2, 0) is 4.79 Å². The lowest BCUT2D eigenvalue weighted by molar-refractivity contribution is -0.130. The number of hydrogen-bond acceptors (Lipinski definition) is 7. The summed E-state index contributed by atoms with van der Waals surface area (Å²) < 4.78 is 7.04. The molecule has 3 heterocycles. The van der Waals surface area contributed by atoms with E-state index in [9.17, 15) is 4.79 Å². The Morgan fingerprint density at radius 3 is 2.35 bits per heavy atom. The van der Waals surface area contributed by atoms with Crippen LogP contribution in [0.3, 0.4) is 0 Å². The van der Waals surface area contributed by atoms with Gasteiger partial charge in [-0.3, -0.25) is 4.79 Å². The zero-order valence-corrected chi connectivity index (χ0v) is 19.7. The van der Waals surface area contributed by atoms with E-state index in [1.54, 1.807) is 6.26 Å². The summed E-state index contributed by atoms with van der Waals surface area (Å²) >= 11 is 1.23. The van der Waals surface area contributed by atoms with Crippen LogP contribution in [0, 0.1) is 13.8 Å². The Kier molecular flexibility index (Phi) is 5.93. The molecule has 2 aromatic heterocycles. The van der Waals surface area contributed by atoms with Crippen molar-refractivity contribution in [3.8, 4) is 11.4 Å². The maximum Gasteiger partial charge on any atom is 0.253 e. The summed E-state index contributed by atoms with van der Waals surface area (Å²) in [5.41, 5.74) is 5.03. The molecule has 0 spiro atoms. The van der Waals surface area contributed by atoms with Gasteiger partial charge in [0.1, 0.15) is 11.8 Å². The second-order valence-electron chi connectivity index (χ2n) is 8.22. The molecule has 0 fully saturated rings. The molecule has 8 nitrogen and oxygen atoms in total. The molecular formula is C25H24N6O2S. The van der Waals surface area contributed by atoms with Crippen molar-refractivity contribution >= 4 is 23.4 Å². The van der Waals surface area contributed by atoms with Crippen LogP contribution in [0.15, 0.2) is 81.6 Å². The minimum Gasteiger partial charge on any atom is -0.467 e. The number of rotatable bonds is 6. The first-order chi connectivity index (χ1) is 16.5. The minimum atomic E-state index is -0.293. The van der Waals surface area contributed by atoms with Gasteiger partial charge in [0.15, 0.2) is 5.82 Å². The van der Waals surface area contributed by atoms with Gasteiger partial charge < -0.3 is 10.3 Å². The summed E-state index contributed by atoms with van der Waals surface area (Å²) in [6, 6.07) is 19.4. The highest BCUT2D eigenvalue weighted by molar-refractivity contribution is 7.99. The number of nitrogens with zero attached hydrogens (tertiary/aromatic N) is 5. The lowest BCUT2D eigenvalue weighted by Crippen LogP contribution is -2.28. The van der Waals surface area contributed by atoms with Gasteiger partial charge in [0.2, 0.25) is 5.16 Å². The molecule has 2 aromatic carbocycles. The molecule has 172 valence electrons. The number of aromatic nitrogens is 3. The second kappa shape index (κ2) is 9.18. The molecule has 0 bridgehead atoms. The SMILES string of the molecule is Cc1ccc(C2=NN(C(=O)CSc3nnc(-c4ccc(C)cc4)n3N)C(c3ccco3)C2)cc1. The molecule has 9 heteroatoms. The number of thioether (sulfide) groups is 1. The monoisotopic (exact) mass is 472 g/mol. The van der Waals surface area contributed by atoms with Crippen molar-refractivity contribution in [3.05, 3.63) is 89.4 Å². The number of hydrazone groups is 1. The molecule has 1 unspecified atom stereocenters. The van der Waals surface area contributed by atoms with E-state index in [1.165, 1.54) is 27.0 Å². The molecule has 0 saturated heterocycles. The van der Waals surface area contributed by atoms with Crippen LogP contribution in [0.2, 0.25) is 0 Å². The van der Waals surface area contributed by atoms with Crippen molar-refractivity contribution in [1.29, 1.82) is 0 Å². The van der Waals surface area contributed by atoms with Gasteiger partial charge in [-0.2, -0.15) is 5.10 Å². The normalized spacial score (nSPS) is 15.5. The van der Waals surface area contributed by atoms with E-state index in [0.717, 1.165) is 22.4 Å². The van der Waals surface area contributed by atoms with Crippen LogP contribution >= 0.6 is 11.8 Å². The van der Waals surface area contributed by atoms with Crippen molar-refractivity contribution in [3.63, 3.8) is 0 Å². The van der Waals surface area contributed by atoms with Crippen molar-refractivity contribution in [2.45, 2.75) is 31.5 Å². The first-order valence-electron chi connectivity index (χ1n) is 10.9. The summed E-state index contributed by atoms with van der Waals surface area (Å²) in [5, 5.41) is 15.0. The third-order valence-electron chi connectivity index (χ3n) is 5.72. The summed E-state index contributed by atoms with van der Waals surface area (Å²) in [4.78, 5) is 13.2. The Labute approximate surface area is 201 Å². The number of nitrogen functional groups attached to an aromatic ring is 1. The quantitative estimate of drug-likeness (QED) is 0.331. The van der Waals surface area contributed by atoms with Crippen molar-refractivity contribution in [1.82, 2.24) is 19.9 Å². The average molecular weight is 473 g/mol. The molecule has 1 atom stereocenters. The Morgan fingerprint density at radius 2 is 1.71 bits per heavy atom. The van der Waals surface area contributed by atoms with Crippen LogP contribution in [-0.4, -0.2) is 37.3 Å². The van der Waals surface area contributed by atoms with Gasteiger partial charge in [-0.1, -0.05) is 71.4 Å². The lowest BCUT2D eigenvalue weighted by Gasteiger charge is -2.19. The smallest absolute Gasteiger partial charge is 0.253 e. The fourth-order valence-corrected chi connectivity index (χ4v) is 4.54. The molecule has 0 radical (unpaired) electrons. The fourth-order valence-electron chi connectivity index (χ4n) is 3.83. The van der Waals surface area contributed by atoms with E-state index in [2.05, 4.69) is 15.3 Å². The van der Waals surface area contributed by atoms with Gasteiger partial charge in [0.05, 0.1) is 17.7 Å². The number of nitrogens with two attached hydrogens (primary N) is 1. The molecule has 2 N–H and O–H groups in total. The van der Waals surface area contributed by atoms with Gasteiger partial charge in [-0.25, -0.2) is 9.69 Å². The standard InChI is InChI=1S/C25H24N6O2S/c1-16-5-9-18(10-6-16)20-14-21(22-4-3-13-33-22)31(29-20)23(32)15-34-25-28-27-24(30(25)26)19-11-7-17(2)8-12-19/h3-13,21H,14-15,26H2,1-2H3. The zero-order valence-electron chi connectivity index (χ0n) is 18.9. The highest BCUT2D eigenvalue weighted by Crippen LogP contribution is 2.34. The molecule has 34 heavy (non-hydrogen) atoms. The summed E-state index contributed by atoms with van der Waals surface area (Å²) in [6.07, 6.45) is 2.19. The van der Waals surface area contributed by atoms with E-state index in [4.69, 9.17) is 10.3 Å². The van der Waals surface area contributed by atoms with Crippen LogP contribution in [0.25, 0.3) is 11.4 Å². The number of furan rings is 1. The highest BCUT2D eigenvalue weighted by atomic mass is 32.2. The highest BCUT2D eigenvalue weighted by Gasteiger charge is 2.35. The first-order valence-corrected chi connectivity index (χ1v) is 11.9. The van der Waals surface area contributed by atoms with Crippen molar-refractivity contribution in [2.24, 2.45) is 5.10 Å². The Balaban J connectivity index is 1.34. The van der Waals surface area contributed by atoms with E-state index >= 15 is 0 Å². The number of benzene rings is 2. The van der Waals surface area contributed by atoms with Crippen molar-refractivity contribution < 1.29 is 9.21 Å². The molecule has 4 aromatic rings. The third-order valence-corrected chi connectivity index (χ3v) is 6.65. The predicted octanol–water partition coefficient (Wildman–Crippen LogP) is 4.34. The molecule has 1 aliphatic heterocycles. The third kappa shape index (κ3) is 4.34. The van der Waals surface area contributed by atoms with E-state index in [-0.39, 0.29) is 17.7 Å². The Morgan fingerprint density at radius 1 is 1.03 bits per heavy atom. The molecule has 5 rings (SSSR count). The number of hydrogen-bond donors (Lipinski definition) is 1. The first kappa shape index (κ1) is 22.0. The lowest BCUT2D eigenvalue weighted by atomic mass is 10.0. The number of carbonyl (C=O) groups is 1. The van der Waals surface area contributed by atoms with Gasteiger partial charge in [-0.05, 0) is 31.5 Å². The maximum atomic E-state index is 13.2. The van der Waals surface area contributed by atoms with Crippen molar-refractivity contribution in [2.75, 3.05) is 11.6 Å². The molecule has 1 amide bonds. The van der Waals surface area contributed by atoms with E-state index in [1.807, 2.05) is 74.5 Å². The summed E-state index contributed by atoms with van der Waals surface area (Å²) in [6.45, 7) is 4.06. The van der Waals surface area contributed by atoms with Gasteiger partial charge in [0.25, 0.3) is 5.91 Å². The fraction of sp³-hybridized carbons (Fsp3) is 0.200. The predicted molar refractivity (Wildman–Crippen MR) is 132 cm³/mol.